The Morgan fingerprint density at radius 2 is 2.11 bits per heavy atom. The van der Waals surface area contributed by atoms with Crippen LogP contribution in [-0.2, 0) is 14.8 Å². The molecule has 7 heteroatoms. The first-order valence-electron chi connectivity index (χ1n) is 6.44. The fourth-order valence-electron chi connectivity index (χ4n) is 2.14. The third kappa shape index (κ3) is 3.93. The van der Waals surface area contributed by atoms with Gasteiger partial charge < -0.3 is 10.6 Å². The lowest BCUT2D eigenvalue weighted by molar-refractivity contribution is -0.124. The normalized spacial score (nSPS) is 21.1. The van der Waals surface area contributed by atoms with E-state index in [2.05, 4.69) is 10.6 Å². The smallest absolute Gasteiger partial charge is 0.238 e. The molecule has 0 bridgehead atoms. The first kappa shape index (κ1) is 15.4. The predicted molar refractivity (Wildman–Crippen MR) is 70.7 cm³/mol. The fourth-order valence-corrected chi connectivity index (χ4v) is 3.89. The van der Waals surface area contributed by atoms with Crippen molar-refractivity contribution in [1.29, 1.82) is 0 Å². The largest absolute Gasteiger partial charge is 0.353 e. The van der Waals surface area contributed by atoms with Crippen LogP contribution in [0.15, 0.2) is 0 Å². The van der Waals surface area contributed by atoms with Gasteiger partial charge in [0, 0.05) is 19.6 Å². The van der Waals surface area contributed by atoms with E-state index in [0.29, 0.717) is 32.5 Å². The number of hydrogen-bond acceptors (Lipinski definition) is 4. The van der Waals surface area contributed by atoms with Crippen LogP contribution in [0.5, 0.6) is 0 Å². The van der Waals surface area contributed by atoms with Gasteiger partial charge >= 0.3 is 0 Å². The molecule has 106 valence electrons. The summed E-state index contributed by atoms with van der Waals surface area (Å²) >= 11 is 0. The van der Waals surface area contributed by atoms with E-state index in [1.54, 1.807) is 7.05 Å². The van der Waals surface area contributed by atoms with Gasteiger partial charge in [-0.15, -0.1) is 0 Å². The molecule has 0 aromatic rings. The van der Waals surface area contributed by atoms with Crippen LogP contribution in [0, 0.1) is 0 Å². The molecule has 0 aromatic heterocycles. The lowest BCUT2D eigenvalue weighted by atomic mass is 10.2. The van der Waals surface area contributed by atoms with E-state index in [9.17, 15) is 13.2 Å². The lowest BCUT2D eigenvalue weighted by Gasteiger charge is -2.23. The second-order valence-corrected chi connectivity index (χ2v) is 6.52. The van der Waals surface area contributed by atoms with E-state index in [4.69, 9.17) is 0 Å². The van der Waals surface area contributed by atoms with Gasteiger partial charge in [-0.05, 0) is 26.3 Å². The van der Waals surface area contributed by atoms with E-state index in [1.807, 2.05) is 6.92 Å². The Kier molecular flexibility index (Phi) is 6.04. The summed E-state index contributed by atoms with van der Waals surface area (Å²) in [5.74, 6) is -0.0600. The van der Waals surface area contributed by atoms with Gasteiger partial charge in [-0.3, -0.25) is 4.79 Å². The predicted octanol–water partition coefficient (Wildman–Crippen LogP) is -0.474. The zero-order chi connectivity index (χ0) is 13.6. The van der Waals surface area contributed by atoms with Crippen LogP contribution < -0.4 is 10.6 Å². The van der Waals surface area contributed by atoms with E-state index in [0.717, 1.165) is 6.42 Å². The molecule has 6 nitrogen and oxygen atoms in total. The van der Waals surface area contributed by atoms with E-state index in [1.165, 1.54) is 4.31 Å². The molecule has 1 amide bonds. The van der Waals surface area contributed by atoms with Crippen molar-refractivity contribution in [2.75, 3.05) is 32.4 Å². The quantitative estimate of drug-likeness (QED) is 0.617. The molecule has 0 saturated carbocycles. The maximum absolute atomic E-state index is 12.0. The van der Waals surface area contributed by atoms with Crippen LogP contribution in [0.4, 0.5) is 0 Å². The van der Waals surface area contributed by atoms with Crippen molar-refractivity contribution in [2.24, 2.45) is 0 Å². The van der Waals surface area contributed by atoms with Gasteiger partial charge in [-0.25, -0.2) is 8.42 Å². The first-order valence-corrected chi connectivity index (χ1v) is 8.05. The monoisotopic (exact) mass is 277 g/mol. The van der Waals surface area contributed by atoms with Gasteiger partial charge in [0.1, 0.15) is 6.04 Å². The van der Waals surface area contributed by atoms with E-state index < -0.39 is 16.1 Å². The van der Waals surface area contributed by atoms with Crippen LogP contribution in [0.2, 0.25) is 0 Å². The molecular weight excluding hydrogens is 254 g/mol. The third-order valence-electron chi connectivity index (χ3n) is 3.00. The molecule has 1 unspecified atom stereocenters. The molecule has 1 fully saturated rings. The highest BCUT2D eigenvalue weighted by molar-refractivity contribution is 7.89. The molecule has 1 heterocycles. The fraction of sp³-hybridized carbons (Fsp3) is 0.909. The van der Waals surface area contributed by atoms with Crippen molar-refractivity contribution in [3.8, 4) is 0 Å². The molecule has 0 aliphatic carbocycles. The molecule has 2 N–H and O–H groups in total. The number of carbonyl (C=O) groups is 1. The number of rotatable bonds is 7. The highest BCUT2D eigenvalue weighted by atomic mass is 32.2. The second-order valence-electron chi connectivity index (χ2n) is 4.48. The van der Waals surface area contributed by atoms with Crippen molar-refractivity contribution in [1.82, 2.24) is 14.9 Å². The van der Waals surface area contributed by atoms with Gasteiger partial charge in [0.05, 0.1) is 5.75 Å². The molecular formula is C11H23N3O3S. The molecule has 1 saturated heterocycles. The number of likely N-dealkylation sites (N-methyl/N-ethyl adjacent to an activating group) is 1. The average molecular weight is 277 g/mol. The highest BCUT2D eigenvalue weighted by Gasteiger charge is 2.37. The van der Waals surface area contributed by atoms with Crippen LogP contribution in [0.3, 0.4) is 0 Å². The Hall–Kier alpha value is -0.660. The van der Waals surface area contributed by atoms with Crippen molar-refractivity contribution in [2.45, 2.75) is 32.2 Å². The van der Waals surface area contributed by atoms with Crippen molar-refractivity contribution >= 4 is 15.9 Å². The maximum atomic E-state index is 12.0. The van der Waals surface area contributed by atoms with Crippen LogP contribution in [0.25, 0.3) is 0 Å². The highest BCUT2D eigenvalue weighted by Crippen LogP contribution is 2.21. The summed E-state index contributed by atoms with van der Waals surface area (Å²) < 4.78 is 25.4. The van der Waals surface area contributed by atoms with Crippen molar-refractivity contribution in [3.63, 3.8) is 0 Å². The third-order valence-corrected chi connectivity index (χ3v) is 5.08. The number of sulfonamides is 1. The molecule has 1 atom stereocenters. The minimum absolute atomic E-state index is 0.118. The number of nitrogens with one attached hydrogen (secondary N) is 2. The summed E-state index contributed by atoms with van der Waals surface area (Å²) in [6.07, 6.45) is 1.95. The van der Waals surface area contributed by atoms with E-state index in [-0.39, 0.29) is 11.7 Å². The number of amides is 1. The molecule has 0 spiro atoms. The molecule has 0 radical (unpaired) electrons. The number of hydrogen-bond donors (Lipinski definition) is 2. The molecule has 18 heavy (non-hydrogen) atoms. The molecule has 1 aliphatic heterocycles. The van der Waals surface area contributed by atoms with Crippen molar-refractivity contribution < 1.29 is 13.2 Å². The summed E-state index contributed by atoms with van der Waals surface area (Å²) in [5.41, 5.74) is 0. The SMILES string of the molecule is CCCS(=O)(=O)N1CCCC1C(=O)NCCNC. The minimum atomic E-state index is -3.28. The van der Waals surface area contributed by atoms with Gasteiger partial charge in [0.2, 0.25) is 15.9 Å². The first-order chi connectivity index (χ1) is 8.53. The number of nitrogens with zero attached hydrogens (tertiary/aromatic N) is 1. The van der Waals surface area contributed by atoms with Gasteiger partial charge in [-0.1, -0.05) is 6.92 Å². The second kappa shape index (κ2) is 7.06. The zero-order valence-electron chi connectivity index (χ0n) is 11.1. The number of carbonyl (C=O) groups excluding carboxylic acids is 1. The maximum Gasteiger partial charge on any atom is 0.238 e. The average Bonchev–Trinajstić information content (AvgIpc) is 2.78. The molecule has 1 aliphatic rings. The van der Waals surface area contributed by atoms with Gasteiger partial charge in [0.25, 0.3) is 0 Å². The minimum Gasteiger partial charge on any atom is -0.353 e. The summed E-state index contributed by atoms with van der Waals surface area (Å²) in [6, 6.07) is -0.515. The Balaban J connectivity index is 2.61. The summed E-state index contributed by atoms with van der Waals surface area (Å²) in [6.45, 7) is 3.50. The van der Waals surface area contributed by atoms with Crippen LogP contribution in [-0.4, -0.2) is 57.1 Å². The van der Waals surface area contributed by atoms with Gasteiger partial charge in [0.15, 0.2) is 0 Å². The lowest BCUT2D eigenvalue weighted by Crippen LogP contribution is -2.47. The van der Waals surface area contributed by atoms with Crippen LogP contribution in [0.1, 0.15) is 26.2 Å². The standard InChI is InChI=1S/C11H23N3O3S/c1-3-9-18(16,17)14-8-4-5-10(14)11(15)13-7-6-12-2/h10,12H,3-9H2,1-2H3,(H,13,15). The molecule has 1 rings (SSSR count). The molecule has 0 aromatic carbocycles. The van der Waals surface area contributed by atoms with Gasteiger partial charge in [-0.2, -0.15) is 4.31 Å². The zero-order valence-corrected chi connectivity index (χ0v) is 11.9. The Bertz CT molecular complexity index is 370. The summed E-state index contributed by atoms with van der Waals surface area (Å²) in [4.78, 5) is 11.9. The Morgan fingerprint density at radius 3 is 2.72 bits per heavy atom. The van der Waals surface area contributed by atoms with Crippen molar-refractivity contribution in [3.05, 3.63) is 0 Å². The van der Waals surface area contributed by atoms with E-state index >= 15 is 0 Å². The Labute approximate surface area is 109 Å². The Morgan fingerprint density at radius 1 is 1.39 bits per heavy atom. The summed E-state index contributed by atoms with van der Waals surface area (Å²) in [7, 11) is -1.47. The summed E-state index contributed by atoms with van der Waals surface area (Å²) in [5, 5.41) is 5.69. The topological polar surface area (TPSA) is 78.5 Å². The van der Waals surface area contributed by atoms with Crippen LogP contribution >= 0.6 is 0 Å².